The molecule has 112 valence electrons. The summed E-state index contributed by atoms with van der Waals surface area (Å²) in [6.45, 7) is 0.882. The van der Waals surface area contributed by atoms with E-state index in [1.54, 1.807) is 6.07 Å². The summed E-state index contributed by atoms with van der Waals surface area (Å²) in [5.41, 5.74) is 3.20. The molecule has 0 bridgehead atoms. The fourth-order valence-electron chi connectivity index (χ4n) is 2.61. The molecule has 23 heavy (non-hydrogen) atoms. The number of epoxide rings is 1. The van der Waals surface area contributed by atoms with Crippen molar-refractivity contribution in [1.82, 2.24) is 0 Å². The Bertz CT molecular complexity index is 912. The van der Waals surface area contributed by atoms with Gasteiger partial charge in [0.2, 0.25) is 0 Å². The summed E-state index contributed by atoms with van der Waals surface area (Å²) in [4.78, 5) is 0. The van der Waals surface area contributed by atoms with Gasteiger partial charge in [-0.15, -0.1) is 0 Å². The highest BCUT2D eigenvalue weighted by Crippen LogP contribution is 2.18. The van der Waals surface area contributed by atoms with Crippen molar-refractivity contribution in [2.45, 2.75) is 12.5 Å². The predicted octanol–water partition coefficient (Wildman–Crippen LogP) is 4.32. The second kappa shape index (κ2) is 5.87. The first-order valence-corrected chi connectivity index (χ1v) is 7.68. The maximum atomic E-state index is 13.2. The van der Waals surface area contributed by atoms with Crippen LogP contribution in [0.4, 0.5) is 4.39 Å². The van der Waals surface area contributed by atoms with Gasteiger partial charge in [-0.25, -0.2) is 4.39 Å². The molecule has 1 unspecified atom stereocenters. The molecule has 3 aromatic carbocycles. The molecule has 0 radical (unpaired) electrons. The van der Waals surface area contributed by atoms with Crippen molar-refractivity contribution in [2.24, 2.45) is 0 Å². The summed E-state index contributed by atoms with van der Waals surface area (Å²) >= 11 is 0. The van der Waals surface area contributed by atoms with Crippen LogP contribution in [-0.2, 0) is 11.2 Å². The Hall–Kier alpha value is -2.63. The largest absolute Gasteiger partial charge is 0.373 e. The van der Waals surface area contributed by atoms with Crippen molar-refractivity contribution >= 4 is 10.8 Å². The second-order valence-corrected chi connectivity index (χ2v) is 5.81. The molecule has 3 aromatic rings. The Morgan fingerprint density at radius 1 is 0.870 bits per heavy atom. The fraction of sp³-hybridized carbons (Fsp3) is 0.143. The Labute approximate surface area is 134 Å². The van der Waals surface area contributed by atoms with Crippen molar-refractivity contribution < 1.29 is 9.13 Å². The third-order valence-electron chi connectivity index (χ3n) is 3.97. The number of hydrogen-bond acceptors (Lipinski definition) is 1. The van der Waals surface area contributed by atoms with Crippen molar-refractivity contribution in [3.8, 4) is 11.8 Å². The second-order valence-electron chi connectivity index (χ2n) is 5.81. The zero-order valence-electron chi connectivity index (χ0n) is 12.6. The number of benzene rings is 3. The molecule has 2 heteroatoms. The lowest BCUT2D eigenvalue weighted by Crippen LogP contribution is -1.92. The van der Waals surface area contributed by atoms with Gasteiger partial charge < -0.3 is 4.74 Å². The Balaban J connectivity index is 1.55. The van der Waals surface area contributed by atoms with Gasteiger partial charge in [0.25, 0.3) is 0 Å². The zero-order chi connectivity index (χ0) is 15.6. The minimum Gasteiger partial charge on any atom is -0.373 e. The minimum atomic E-state index is -0.215. The topological polar surface area (TPSA) is 12.5 Å². The first-order chi connectivity index (χ1) is 11.3. The van der Waals surface area contributed by atoms with Gasteiger partial charge in [-0.2, -0.15) is 0 Å². The van der Waals surface area contributed by atoms with Gasteiger partial charge >= 0.3 is 0 Å². The third-order valence-corrected chi connectivity index (χ3v) is 3.97. The van der Waals surface area contributed by atoms with Crippen molar-refractivity contribution in [2.75, 3.05) is 6.61 Å². The normalized spacial score (nSPS) is 16.0. The maximum absolute atomic E-state index is 13.2. The van der Waals surface area contributed by atoms with Crippen LogP contribution in [0, 0.1) is 17.7 Å². The molecule has 1 fully saturated rings. The van der Waals surface area contributed by atoms with Crippen molar-refractivity contribution in [1.29, 1.82) is 0 Å². The molecule has 0 spiro atoms. The lowest BCUT2D eigenvalue weighted by Gasteiger charge is -1.99. The van der Waals surface area contributed by atoms with E-state index in [4.69, 9.17) is 4.74 Å². The molecule has 0 N–H and O–H groups in total. The predicted molar refractivity (Wildman–Crippen MR) is 89.8 cm³/mol. The molecule has 1 atom stereocenters. The summed E-state index contributed by atoms with van der Waals surface area (Å²) in [7, 11) is 0. The maximum Gasteiger partial charge on any atom is 0.123 e. The minimum absolute atomic E-state index is 0.215. The van der Waals surface area contributed by atoms with E-state index in [9.17, 15) is 4.39 Å². The van der Waals surface area contributed by atoms with Gasteiger partial charge in [-0.3, -0.25) is 0 Å². The van der Waals surface area contributed by atoms with Crippen molar-refractivity contribution in [3.63, 3.8) is 0 Å². The van der Waals surface area contributed by atoms with Crippen LogP contribution in [0.15, 0.2) is 60.7 Å². The van der Waals surface area contributed by atoms with Gasteiger partial charge in [0.05, 0.1) is 12.7 Å². The van der Waals surface area contributed by atoms with E-state index in [-0.39, 0.29) is 5.82 Å². The molecule has 1 saturated heterocycles. The summed E-state index contributed by atoms with van der Waals surface area (Å²) in [6.07, 6.45) is 1.39. The van der Waals surface area contributed by atoms with Crippen LogP contribution < -0.4 is 0 Å². The van der Waals surface area contributed by atoms with Gasteiger partial charge in [0.1, 0.15) is 5.82 Å². The van der Waals surface area contributed by atoms with Crippen LogP contribution >= 0.6 is 0 Å². The molecule has 0 amide bonds. The summed E-state index contributed by atoms with van der Waals surface area (Å²) in [5.74, 6) is 6.13. The fourth-order valence-corrected chi connectivity index (χ4v) is 2.61. The van der Waals surface area contributed by atoms with Crippen LogP contribution in [0.1, 0.15) is 16.7 Å². The van der Waals surface area contributed by atoms with Crippen LogP contribution in [0.2, 0.25) is 0 Å². The Morgan fingerprint density at radius 2 is 1.52 bits per heavy atom. The van der Waals surface area contributed by atoms with Crippen LogP contribution in [0.3, 0.4) is 0 Å². The monoisotopic (exact) mass is 302 g/mol. The molecule has 1 heterocycles. The van der Waals surface area contributed by atoms with E-state index in [0.29, 0.717) is 6.10 Å². The molecule has 1 aliphatic heterocycles. The molecule has 4 rings (SSSR count). The van der Waals surface area contributed by atoms with E-state index in [2.05, 4.69) is 24.0 Å². The molecule has 0 aromatic heterocycles. The summed E-state index contributed by atoms with van der Waals surface area (Å²) in [6, 6.07) is 18.9. The lowest BCUT2D eigenvalue weighted by molar-refractivity contribution is 0.407. The standard InChI is InChI=1S/C21H15FO/c22-20-10-9-18-11-16(7-8-19(18)13-20)4-1-15-2-5-17(6-3-15)12-21-14-23-21/h2-3,5-11,13,21H,12,14H2. The highest BCUT2D eigenvalue weighted by atomic mass is 19.1. The van der Waals surface area contributed by atoms with Crippen molar-refractivity contribution in [3.05, 3.63) is 83.2 Å². The van der Waals surface area contributed by atoms with E-state index < -0.39 is 0 Å². The quantitative estimate of drug-likeness (QED) is 0.507. The lowest BCUT2D eigenvalue weighted by atomic mass is 10.1. The van der Waals surface area contributed by atoms with Crippen LogP contribution in [-0.4, -0.2) is 12.7 Å². The average Bonchev–Trinajstić information content (AvgIpc) is 3.38. The van der Waals surface area contributed by atoms with E-state index >= 15 is 0 Å². The SMILES string of the molecule is Fc1ccc2cc(C#Cc3ccc(CC4CO4)cc3)ccc2c1. The number of fused-ring (bicyclic) bond motifs is 1. The zero-order valence-corrected chi connectivity index (χ0v) is 12.6. The van der Waals surface area contributed by atoms with E-state index in [1.807, 2.05) is 30.3 Å². The van der Waals surface area contributed by atoms with Gasteiger partial charge in [0.15, 0.2) is 0 Å². The molecule has 0 aliphatic carbocycles. The van der Waals surface area contributed by atoms with Gasteiger partial charge in [-0.05, 0) is 52.7 Å². The average molecular weight is 302 g/mol. The molecular weight excluding hydrogens is 287 g/mol. The summed E-state index contributed by atoms with van der Waals surface area (Å²) < 4.78 is 18.4. The third kappa shape index (κ3) is 3.41. The molecule has 1 nitrogen and oxygen atoms in total. The molecule has 1 aliphatic rings. The highest BCUT2D eigenvalue weighted by Gasteiger charge is 2.22. The van der Waals surface area contributed by atoms with Crippen LogP contribution in [0.25, 0.3) is 10.8 Å². The Kier molecular flexibility index (Phi) is 3.57. The number of ether oxygens (including phenoxy) is 1. The van der Waals surface area contributed by atoms with E-state index in [1.165, 1.54) is 17.7 Å². The molecule has 0 saturated carbocycles. The number of rotatable bonds is 2. The highest BCUT2D eigenvalue weighted by molar-refractivity contribution is 5.83. The van der Waals surface area contributed by atoms with Gasteiger partial charge in [-0.1, -0.05) is 36.1 Å². The van der Waals surface area contributed by atoms with Gasteiger partial charge in [0, 0.05) is 17.5 Å². The van der Waals surface area contributed by atoms with Crippen LogP contribution in [0.5, 0.6) is 0 Å². The Morgan fingerprint density at radius 3 is 2.30 bits per heavy atom. The molecular formula is C21H15FO. The van der Waals surface area contributed by atoms with E-state index in [0.717, 1.165) is 34.9 Å². The number of halogens is 1. The summed E-state index contributed by atoms with van der Waals surface area (Å²) in [5, 5.41) is 1.89. The first-order valence-electron chi connectivity index (χ1n) is 7.68. The first kappa shape index (κ1) is 14.0. The smallest absolute Gasteiger partial charge is 0.123 e. The number of hydrogen-bond donors (Lipinski definition) is 0.